The van der Waals surface area contributed by atoms with E-state index >= 15 is 0 Å². The van der Waals surface area contributed by atoms with Gasteiger partial charge in [-0.3, -0.25) is 0 Å². The summed E-state index contributed by atoms with van der Waals surface area (Å²) in [7, 11) is 0. The van der Waals surface area contributed by atoms with Gasteiger partial charge >= 0.3 is 0 Å². The van der Waals surface area contributed by atoms with Crippen molar-refractivity contribution < 1.29 is 4.52 Å². The molecule has 108 valence electrons. The van der Waals surface area contributed by atoms with Crippen LogP contribution in [0.25, 0.3) is 11.4 Å². The third kappa shape index (κ3) is 3.90. The van der Waals surface area contributed by atoms with Gasteiger partial charge in [-0.15, -0.1) is 0 Å². The van der Waals surface area contributed by atoms with Crippen molar-refractivity contribution in [3.63, 3.8) is 0 Å². The Kier molecular flexibility index (Phi) is 5.30. The molecule has 0 amide bonds. The molecular weight excluding hydrogens is 250 g/mol. The fourth-order valence-corrected chi connectivity index (χ4v) is 2.16. The smallest absolute Gasteiger partial charge is 0.228 e. The predicted octanol–water partition coefficient (Wildman–Crippen LogP) is 3.37. The summed E-state index contributed by atoms with van der Waals surface area (Å²) in [6.45, 7) is 7.43. The maximum atomic E-state index is 5.37. The first-order valence-electron chi connectivity index (χ1n) is 7.36. The zero-order chi connectivity index (χ0) is 14.4. The molecule has 0 fully saturated rings. The van der Waals surface area contributed by atoms with Gasteiger partial charge in [0.05, 0.1) is 0 Å². The van der Waals surface area contributed by atoms with Crippen molar-refractivity contribution in [2.45, 2.75) is 46.1 Å². The molecule has 2 rings (SSSR count). The van der Waals surface area contributed by atoms with Crippen LogP contribution in [0, 0.1) is 6.92 Å². The van der Waals surface area contributed by atoms with Gasteiger partial charge in [0.15, 0.2) is 0 Å². The highest BCUT2D eigenvalue weighted by molar-refractivity contribution is 5.55. The first kappa shape index (κ1) is 14.7. The molecule has 0 saturated carbocycles. The van der Waals surface area contributed by atoms with Gasteiger partial charge in [-0.1, -0.05) is 42.8 Å². The van der Waals surface area contributed by atoms with Gasteiger partial charge in [-0.05, 0) is 32.4 Å². The van der Waals surface area contributed by atoms with E-state index in [-0.39, 0.29) is 0 Å². The maximum absolute atomic E-state index is 5.37. The maximum Gasteiger partial charge on any atom is 0.228 e. The highest BCUT2D eigenvalue weighted by Gasteiger charge is 2.13. The average molecular weight is 273 g/mol. The molecule has 0 aliphatic carbocycles. The van der Waals surface area contributed by atoms with Gasteiger partial charge in [0.2, 0.25) is 11.7 Å². The minimum Gasteiger partial charge on any atom is -0.339 e. The van der Waals surface area contributed by atoms with Crippen molar-refractivity contribution in [3.8, 4) is 11.4 Å². The molecule has 1 aromatic heterocycles. The van der Waals surface area contributed by atoms with E-state index in [0.29, 0.717) is 17.8 Å². The SMILES string of the molecule is CCCNC(CC)Cc1nc(-c2cccc(C)c2)no1. The number of rotatable bonds is 7. The van der Waals surface area contributed by atoms with E-state index in [0.717, 1.165) is 31.4 Å². The Morgan fingerprint density at radius 3 is 2.85 bits per heavy atom. The fraction of sp³-hybridized carbons (Fsp3) is 0.500. The first-order chi connectivity index (χ1) is 9.72. The lowest BCUT2D eigenvalue weighted by Gasteiger charge is -2.13. The quantitative estimate of drug-likeness (QED) is 0.840. The van der Waals surface area contributed by atoms with E-state index in [4.69, 9.17) is 4.52 Å². The molecular formula is C16H23N3O. The molecule has 1 unspecified atom stereocenters. The van der Waals surface area contributed by atoms with Crippen LogP contribution in [0.3, 0.4) is 0 Å². The zero-order valence-corrected chi connectivity index (χ0v) is 12.5. The van der Waals surface area contributed by atoms with Crippen LogP contribution < -0.4 is 5.32 Å². The summed E-state index contributed by atoms with van der Waals surface area (Å²) in [6, 6.07) is 8.56. The number of hydrogen-bond acceptors (Lipinski definition) is 4. The van der Waals surface area contributed by atoms with Crippen LogP contribution in [0.4, 0.5) is 0 Å². The van der Waals surface area contributed by atoms with E-state index in [1.807, 2.05) is 12.1 Å². The Hall–Kier alpha value is -1.68. The molecule has 20 heavy (non-hydrogen) atoms. The Morgan fingerprint density at radius 1 is 1.30 bits per heavy atom. The van der Waals surface area contributed by atoms with Crippen molar-refractivity contribution in [1.82, 2.24) is 15.5 Å². The normalized spacial score (nSPS) is 12.6. The molecule has 0 aliphatic heterocycles. The standard InChI is InChI=1S/C16H23N3O/c1-4-9-17-14(5-2)11-15-18-16(19-20-15)13-8-6-7-12(3)10-13/h6-8,10,14,17H,4-5,9,11H2,1-3H3. The fourth-order valence-electron chi connectivity index (χ4n) is 2.16. The van der Waals surface area contributed by atoms with Gasteiger partial charge in [0, 0.05) is 18.0 Å². The lowest BCUT2D eigenvalue weighted by molar-refractivity contribution is 0.354. The van der Waals surface area contributed by atoms with E-state index in [1.54, 1.807) is 0 Å². The summed E-state index contributed by atoms with van der Waals surface area (Å²) in [5.74, 6) is 1.38. The van der Waals surface area contributed by atoms with Crippen LogP contribution >= 0.6 is 0 Å². The zero-order valence-electron chi connectivity index (χ0n) is 12.5. The first-order valence-corrected chi connectivity index (χ1v) is 7.36. The topological polar surface area (TPSA) is 51.0 Å². The van der Waals surface area contributed by atoms with Crippen LogP contribution in [0.1, 0.15) is 38.1 Å². The van der Waals surface area contributed by atoms with Gasteiger partial charge < -0.3 is 9.84 Å². The molecule has 4 nitrogen and oxygen atoms in total. The number of benzene rings is 1. The molecule has 0 spiro atoms. The largest absolute Gasteiger partial charge is 0.339 e. The molecule has 1 N–H and O–H groups in total. The molecule has 2 aromatic rings. The van der Waals surface area contributed by atoms with E-state index < -0.39 is 0 Å². The molecule has 1 aromatic carbocycles. The van der Waals surface area contributed by atoms with Gasteiger partial charge in [-0.25, -0.2) is 0 Å². The van der Waals surface area contributed by atoms with Crippen LogP contribution in [0.5, 0.6) is 0 Å². The number of aryl methyl sites for hydroxylation is 1. The third-order valence-electron chi connectivity index (χ3n) is 3.34. The number of nitrogens with one attached hydrogen (secondary N) is 1. The highest BCUT2D eigenvalue weighted by atomic mass is 16.5. The minimum atomic E-state index is 0.403. The van der Waals surface area contributed by atoms with Crippen molar-refractivity contribution in [2.75, 3.05) is 6.54 Å². The number of aromatic nitrogens is 2. The number of hydrogen-bond donors (Lipinski definition) is 1. The van der Waals surface area contributed by atoms with Crippen molar-refractivity contribution in [3.05, 3.63) is 35.7 Å². The molecule has 0 radical (unpaired) electrons. The summed E-state index contributed by atoms with van der Waals surface area (Å²) >= 11 is 0. The van der Waals surface area contributed by atoms with E-state index in [9.17, 15) is 0 Å². The Bertz CT molecular complexity index is 536. The van der Waals surface area contributed by atoms with Crippen LogP contribution in [0.15, 0.2) is 28.8 Å². The Morgan fingerprint density at radius 2 is 2.15 bits per heavy atom. The molecule has 0 bridgehead atoms. The molecule has 1 atom stereocenters. The summed E-state index contributed by atoms with van der Waals surface area (Å²) in [4.78, 5) is 4.50. The molecule has 0 aliphatic rings. The van der Waals surface area contributed by atoms with E-state index in [2.05, 4.69) is 48.4 Å². The summed E-state index contributed by atoms with van der Waals surface area (Å²) in [6.07, 6.45) is 2.98. The van der Waals surface area contributed by atoms with Crippen LogP contribution in [-0.4, -0.2) is 22.7 Å². The second kappa shape index (κ2) is 7.20. The van der Waals surface area contributed by atoms with Gasteiger partial charge in [0.25, 0.3) is 0 Å². The van der Waals surface area contributed by atoms with Crippen LogP contribution in [-0.2, 0) is 6.42 Å². The molecule has 4 heteroatoms. The third-order valence-corrected chi connectivity index (χ3v) is 3.34. The lowest BCUT2D eigenvalue weighted by atomic mass is 10.1. The monoisotopic (exact) mass is 273 g/mol. The van der Waals surface area contributed by atoms with Gasteiger partial charge in [-0.2, -0.15) is 4.98 Å². The van der Waals surface area contributed by atoms with Crippen molar-refractivity contribution >= 4 is 0 Å². The van der Waals surface area contributed by atoms with E-state index in [1.165, 1.54) is 5.56 Å². The number of nitrogens with zero attached hydrogens (tertiary/aromatic N) is 2. The highest BCUT2D eigenvalue weighted by Crippen LogP contribution is 2.17. The second-order valence-electron chi connectivity index (χ2n) is 5.14. The molecule has 0 saturated heterocycles. The predicted molar refractivity (Wildman–Crippen MR) is 80.5 cm³/mol. The summed E-state index contributed by atoms with van der Waals surface area (Å²) in [5, 5.41) is 7.58. The minimum absolute atomic E-state index is 0.403. The Balaban J connectivity index is 2.05. The van der Waals surface area contributed by atoms with Crippen molar-refractivity contribution in [1.29, 1.82) is 0 Å². The lowest BCUT2D eigenvalue weighted by Crippen LogP contribution is -2.31. The van der Waals surface area contributed by atoms with Gasteiger partial charge in [0.1, 0.15) is 0 Å². The van der Waals surface area contributed by atoms with Crippen LogP contribution in [0.2, 0.25) is 0 Å². The average Bonchev–Trinajstić information content (AvgIpc) is 2.92. The van der Waals surface area contributed by atoms with Crippen molar-refractivity contribution in [2.24, 2.45) is 0 Å². The molecule has 1 heterocycles. The second-order valence-corrected chi connectivity index (χ2v) is 5.14. The Labute approximate surface area is 120 Å². The summed E-state index contributed by atoms with van der Waals surface area (Å²) < 4.78 is 5.37. The summed E-state index contributed by atoms with van der Waals surface area (Å²) in [5.41, 5.74) is 2.21.